The van der Waals surface area contributed by atoms with Crippen LogP contribution in [0.25, 0.3) is 0 Å². The van der Waals surface area contributed by atoms with Crippen molar-refractivity contribution < 1.29 is 9.59 Å². The third kappa shape index (κ3) is 2.76. The molecule has 0 radical (unpaired) electrons. The molecule has 3 nitrogen and oxygen atoms in total. The summed E-state index contributed by atoms with van der Waals surface area (Å²) in [5.74, 6) is -0.337. The summed E-state index contributed by atoms with van der Waals surface area (Å²) in [6, 6.07) is 3.53. The van der Waals surface area contributed by atoms with Crippen LogP contribution in [0.1, 0.15) is 36.3 Å². The van der Waals surface area contributed by atoms with Crippen LogP contribution in [0.2, 0.25) is 0 Å². The Balaban J connectivity index is 2.76. The minimum Gasteiger partial charge on any atom is -0.300 e. The van der Waals surface area contributed by atoms with Crippen molar-refractivity contribution >= 4 is 11.6 Å². The Labute approximate surface area is 83.2 Å². The minimum atomic E-state index is -0.208. The highest BCUT2D eigenvalue weighted by Crippen LogP contribution is 2.03. The summed E-state index contributed by atoms with van der Waals surface area (Å²) in [5.41, 5.74) is 1.46. The summed E-state index contributed by atoms with van der Waals surface area (Å²) in [4.78, 5) is 26.1. The molecule has 0 spiro atoms. The Kier molecular flexibility index (Phi) is 3.51. The smallest absolute Gasteiger partial charge is 0.188 e. The van der Waals surface area contributed by atoms with Crippen LogP contribution in [0, 0.1) is 0 Å². The van der Waals surface area contributed by atoms with Gasteiger partial charge in [-0.2, -0.15) is 0 Å². The predicted octanol–water partition coefficient (Wildman–Crippen LogP) is 1.81. The van der Waals surface area contributed by atoms with E-state index in [0.29, 0.717) is 5.69 Å². The third-order valence-electron chi connectivity index (χ3n) is 1.93. The van der Waals surface area contributed by atoms with E-state index in [2.05, 4.69) is 4.98 Å². The van der Waals surface area contributed by atoms with Gasteiger partial charge in [0.25, 0.3) is 0 Å². The van der Waals surface area contributed by atoms with Crippen LogP contribution in [0.15, 0.2) is 18.3 Å². The second-order valence-corrected chi connectivity index (χ2v) is 3.21. The fourth-order valence-electron chi connectivity index (χ4n) is 1.12. The maximum absolute atomic E-state index is 11.4. The first kappa shape index (κ1) is 10.6. The Morgan fingerprint density at radius 3 is 2.50 bits per heavy atom. The molecule has 1 rings (SSSR count). The average molecular weight is 191 g/mol. The van der Waals surface area contributed by atoms with E-state index in [9.17, 15) is 9.59 Å². The fourth-order valence-corrected chi connectivity index (χ4v) is 1.12. The predicted molar refractivity (Wildman–Crippen MR) is 53.2 cm³/mol. The molecular weight excluding hydrogens is 178 g/mol. The van der Waals surface area contributed by atoms with Crippen molar-refractivity contribution in [1.29, 1.82) is 0 Å². The van der Waals surface area contributed by atoms with Gasteiger partial charge in [-0.15, -0.1) is 0 Å². The summed E-state index contributed by atoms with van der Waals surface area (Å²) in [6.45, 7) is 3.42. The normalized spacial score (nSPS) is 9.86. The molecule has 0 atom stereocenters. The van der Waals surface area contributed by atoms with Crippen LogP contribution in [0.4, 0.5) is 0 Å². The van der Waals surface area contributed by atoms with Gasteiger partial charge in [0.15, 0.2) is 5.78 Å². The molecule has 74 valence electrons. The number of aryl methyl sites for hydroxylation is 1. The topological polar surface area (TPSA) is 47.0 Å². The number of carbonyl (C=O) groups is 2. The van der Waals surface area contributed by atoms with Gasteiger partial charge in [-0.05, 0) is 25.0 Å². The average Bonchev–Trinajstić information content (AvgIpc) is 2.17. The van der Waals surface area contributed by atoms with E-state index < -0.39 is 0 Å². The number of carbonyl (C=O) groups excluding carboxylic acids is 2. The molecule has 0 saturated heterocycles. The van der Waals surface area contributed by atoms with Crippen LogP contribution in [0.3, 0.4) is 0 Å². The molecule has 0 amide bonds. The number of hydrogen-bond donors (Lipinski definition) is 0. The first-order valence-corrected chi connectivity index (χ1v) is 4.61. The number of hydrogen-bond acceptors (Lipinski definition) is 3. The van der Waals surface area contributed by atoms with Crippen LogP contribution < -0.4 is 0 Å². The van der Waals surface area contributed by atoms with Crippen LogP contribution in [-0.2, 0) is 11.2 Å². The number of nitrogens with zero attached hydrogens (tertiary/aromatic N) is 1. The maximum Gasteiger partial charge on any atom is 0.188 e. The van der Waals surface area contributed by atoms with E-state index >= 15 is 0 Å². The van der Waals surface area contributed by atoms with E-state index in [-0.39, 0.29) is 18.0 Å². The van der Waals surface area contributed by atoms with Crippen molar-refractivity contribution in [3.8, 4) is 0 Å². The van der Waals surface area contributed by atoms with Gasteiger partial charge < -0.3 is 0 Å². The number of rotatable bonds is 4. The molecule has 0 bridgehead atoms. The Morgan fingerprint density at radius 1 is 1.36 bits per heavy atom. The second-order valence-electron chi connectivity index (χ2n) is 3.21. The molecule has 0 unspecified atom stereocenters. The molecule has 0 N–H and O–H groups in total. The second kappa shape index (κ2) is 4.65. The Morgan fingerprint density at radius 2 is 2.07 bits per heavy atom. The molecule has 1 aromatic rings. The van der Waals surface area contributed by atoms with Crippen molar-refractivity contribution in [2.75, 3.05) is 0 Å². The SMILES string of the molecule is CCc1ccc(C(=O)CC(C)=O)nc1. The summed E-state index contributed by atoms with van der Waals surface area (Å²) in [7, 11) is 0. The highest BCUT2D eigenvalue weighted by molar-refractivity contribution is 6.06. The molecule has 0 saturated carbocycles. The maximum atomic E-state index is 11.4. The van der Waals surface area contributed by atoms with Crippen molar-refractivity contribution in [2.45, 2.75) is 26.7 Å². The quantitative estimate of drug-likeness (QED) is 0.538. The zero-order valence-electron chi connectivity index (χ0n) is 8.41. The lowest BCUT2D eigenvalue weighted by molar-refractivity contribution is -0.116. The van der Waals surface area contributed by atoms with Crippen LogP contribution >= 0.6 is 0 Å². The van der Waals surface area contributed by atoms with Gasteiger partial charge in [0, 0.05) is 6.20 Å². The molecule has 0 aromatic carbocycles. The van der Waals surface area contributed by atoms with Gasteiger partial charge in [-0.1, -0.05) is 13.0 Å². The Hall–Kier alpha value is -1.51. The lowest BCUT2D eigenvalue weighted by Gasteiger charge is -1.99. The molecule has 1 aromatic heterocycles. The van der Waals surface area contributed by atoms with Crippen molar-refractivity contribution in [2.24, 2.45) is 0 Å². The summed E-state index contributed by atoms with van der Waals surface area (Å²) < 4.78 is 0. The van der Waals surface area contributed by atoms with Crippen molar-refractivity contribution in [3.05, 3.63) is 29.6 Å². The first-order valence-electron chi connectivity index (χ1n) is 4.61. The van der Waals surface area contributed by atoms with E-state index in [4.69, 9.17) is 0 Å². The first-order chi connectivity index (χ1) is 6.63. The van der Waals surface area contributed by atoms with E-state index in [1.165, 1.54) is 6.92 Å². The van der Waals surface area contributed by atoms with Gasteiger partial charge in [0.2, 0.25) is 0 Å². The lowest BCUT2D eigenvalue weighted by atomic mass is 10.1. The molecule has 14 heavy (non-hydrogen) atoms. The standard InChI is InChI=1S/C11H13NO2/c1-3-9-4-5-10(12-7-9)11(14)6-8(2)13/h4-5,7H,3,6H2,1-2H3. The van der Waals surface area contributed by atoms with Crippen molar-refractivity contribution in [1.82, 2.24) is 4.98 Å². The highest BCUT2D eigenvalue weighted by atomic mass is 16.1. The summed E-state index contributed by atoms with van der Waals surface area (Å²) >= 11 is 0. The molecule has 0 fully saturated rings. The Bertz CT molecular complexity index is 341. The summed E-state index contributed by atoms with van der Waals surface area (Å²) in [5, 5.41) is 0. The van der Waals surface area contributed by atoms with Crippen LogP contribution in [0.5, 0.6) is 0 Å². The third-order valence-corrected chi connectivity index (χ3v) is 1.93. The number of ketones is 2. The van der Waals surface area contributed by atoms with Crippen LogP contribution in [-0.4, -0.2) is 16.6 Å². The molecule has 0 aliphatic rings. The van der Waals surface area contributed by atoms with Crippen molar-refractivity contribution in [3.63, 3.8) is 0 Å². The molecular formula is C11H13NO2. The van der Waals surface area contributed by atoms with Gasteiger partial charge >= 0.3 is 0 Å². The van der Waals surface area contributed by atoms with E-state index in [1.54, 1.807) is 12.3 Å². The largest absolute Gasteiger partial charge is 0.300 e. The number of aromatic nitrogens is 1. The number of Topliss-reactive ketones (excluding diaryl/α,β-unsaturated/α-hetero) is 2. The molecule has 0 aliphatic carbocycles. The van der Waals surface area contributed by atoms with E-state index in [1.807, 2.05) is 13.0 Å². The van der Waals surface area contributed by atoms with Gasteiger partial charge in [0.1, 0.15) is 11.5 Å². The molecule has 0 aliphatic heterocycles. The molecule has 3 heteroatoms. The fraction of sp³-hybridized carbons (Fsp3) is 0.364. The highest BCUT2D eigenvalue weighted by Gasteiger charge is 2.09. The lowest BCUT2D eigenvalue weighted by Crippen LogP contribution is -2.06. The van der Waals surface area contributed by atoms with Gasteiger partial charge in [0.05, 0.1) is 6.42 Å². The van der Waals surface area contributed by atoms with E-state index in [0.717, 1.165) is 12.0 Å². The monoisotopic (exact) mass is 191 g/mol. The van der Waals surface area contributed by atoms with Gasteiger partial charge in [-0.3, -0.25) is 14.6 Å². The number of pyridine rings is 1. The zero-order valence-corrected chi connectivity index (χ0v) is 8.41. The molecule has 1 heterocycles. The zero-order chi connectivity index (χ0) is 10.6. The minimum absolute atomic E-state index is 0.0571. The van der Waals surface area contributed by atoms with Gasteiger partial charge in [-0.25, -0.2) is 0 Å². The summed E-state index contributed by atoms with van der Waals surface area (Å²) in [6.07, 6.45) is 2.51.